The number of likely N-dealkylation sites (tertiary alicyclic amines) is 1. The highest BCUT2D eigenvalue weighted by molar-refractivity contribution is 7.98. The number of hydrogen-bond acceptors (Lipinski definition) is 7. The molecule has 1 atom stereocenters. The maximum atomic E-state index is 13.7. The van der Waals surface area contributed by atoms with E-state index in [1.54, 1.807) is 34.2 Å². The number of alkyl halides is 3. The van der Waals surface area contributed by atoms with Crippen LogP contribution in [0.2, 0.25) is 0 Å². The van der Waals surface area contributed by atoms with Crippen LogP contribution in [0.4, 0.5) is 18.9 Å². The first-order chi connectivity index (χ1) is 18.8. The van der Waals surface area contributed by atoms with Gasteiger partial charge in [-0.15, -0.1) is 11.3 Å². The van der Waals surface area contributed by atoms with Crippen LogP contribution in [0, 0.1) is 5.92 Å². The van der Waals surface area contributed by atoms with E-state index in [1.165, 1.54) is 6.07 Å². The third kappa shape index (κ3) is 7.54. The molecule has 0 bridgehead atoms. The molecule has 4 rings (SSSR count). The van der Waals surface area contributed by atoms with Gasteiger partial charge in [-0.2, -0.15) is 13.2 Å². The van der Waals surface area contributed by atoms with Crippen molar-refractivity contribution in [3.05, 3.63) is 70.2 Å². The average molecular weight is 593 g/mol. The number of carbonyl (C=O) groups excluding carboxylic acids is 2. The SMILES string of the molecule is C=CC(=O)Nc1ccc(C(=O)N2CCC[C@@H](Cc3nc(SCc4ncc(C(C)(C)C)o4)cs3)C2)cc1C(F)(F)F. The quantitative estimate of drug-likeness (QED) is 0.225. The fourth-order valence-corrected chi connectivity index (χ4v) is 6.19. The summed E-state index contributed by atoms with van der Waals surface area (Å²) >= 11 is 3.10. The van der Waals surface area contributed by atoms with E-state index in [2.05, 4.69) is 37.7 Å². The standard InChI is InChI=1S/C28H31F3N4O3S2/c1-5-22(36)33-20-9-8-18(12-19(20)28(29,30)31)26(37)35-10-6-7-17(14-35)11-24-34-25(16-40-24)39-15-23-32-13-21(38-23)27(2,3)4/h5,8-9,12-13,16-17H,1,6-7,10-11,14-15H2,2-4H3,(H,33,36)/t17-/m0/s1. The Morgan fingerprint density at radius 2 is 2.08 bits per heavy atom. The Bertz CT molecular complexity index is 1380. The molecule has 3 heterocycles. The van der Waals surface area contributed by atoms with Crippen molar-refractivity contribution in [2.75, 3.05) is 18.4 Å². The molecule has 7 nitrogen and oxygen atoms in total. The van der Waals surface area contributed by atoms with Crippen LogP contribution in [0.15, 0.2) is 51.9 Å². The number of amides is 2. The second-order valence-corrected chi connectivity index (χ2v) is 12.6. The lowest BCUT2D eigenvalue weighted by atomic mass is 9.94. The van der Waals surface area contributed by atoms with Crippen LogP contribution >= 0.6 is 23.1 Å². The van der Waals surface area contributed by atoms with Gasteiger partial charge in [0.25, 0.3) is 5.91 Å². The van der Waals surface area contributed by atoms with E-state index in [0.29, 0.717) is 31.2 Å². The van der Waals surface area contributed by atoms with Gasteiger partial charge in [-0.25, -0.2) is 9.97 Å². The van der Waals surface area contributed by atoms with E-state index >= 15 is 0 Å². The molecule has 12 heteroatoms. The normalized spacial score (nSPS) is 16.1. The zero-order valence-electron chi connectivity index (χ0n) is 22.5. The summed E-state index contributed by atoms with van der Waals surface area (Å²) in [7, 11) is 0. The number of oxazole rings is 1. The van der Waals surface area contributed by atoms with Crippen LogP contribution in [0.25, 0.3) is 0 Å². The lowest BCUT2D eigenvalue weighted by molar-refractivity contribution is -0.137. The van der Waals surface area contributed by atoms with E-state index < -0.39 is 29.2 Å². The van der Waals surface area contributed by atoms with Crippen LogP contribution in [-0.2, 0) is 28.6 Å². The molecule has 0 aliphatic carbocycles. The van der Waals surface area contributed by atoms with Gasteiger partial charge in [0.15, 0.2) is 0 Å². The number of rotatable bonds is 8. The first-order valence-electron chi connectivity index (χ1n) is 12.8. The molecular formula is C28H31F3N4O3S2. The third-order valence-electron chi connectivity index (χ3n) is 6.45. The number of anilines is 1. The highest BCUT2D eigenvalue weighted by atomic mass is 32.2. The summed E-state index contributed by atoms with van der Waals surface area (Å²) in [6, 6.07) is 3.21. The van der Waals surface area contributed by atoms with Gasteiger partial charge < -0.3 is 14.6 Å². The average Bonchev–Trinajstić information content (AvgIpc) is 3.56. The number of aromatic nitrogens is 2. The summed E-state index contributed by atoms with van der Waals surface area (Å²) in [6.45, 7) is 10.4. The fourth-order valence-electron chi connectivity index (χ4n) is 4.36. The van der Waals surface area contributed by atoms with Crippen LogP contribution in [0.3, 0.4) is 0 Å². The second kappa shape index (κ2) is 12.2. The number of halogens is 3. The molecule has 0 spiro atoms. The fraction of sp³-hybridized carbons (Fsp3) is 0.429. The lowest BCUT2D eigenvalue weighted by Gasteiger charge is -2.32. The van der Waals surface area contributed by atoms with Gasteiger partial charge in [-0.3, -0.25) is 9.59 Å². The van der Waals surface area contributed by atoms with Gasteiger partial charge >= 0.3 is 6.18 Å². The Kier molecular flexibility index (Phi) is 9.09. The molecular weight excluding hydrogens is 561 g/mol. The van der Waals surface area contributed by atoms with Gasteiger partial charge in [0.05, 0.1) is 28.2 Å². The maximum Gasteiger partial charge on any atom is 0.418 e. The molecule has 1 aromatic carbocycles. The van der Waals surface area contributed by atoms with Gasteiger partial charge in [0.1, 0.15) is 10.8 Å². The van der Waals surface area contributed by atoms with Crippen molar-refractivity contribution in [3.63, 3.8) is 0 Å². The Morgan fingerprint density at radius 3 is 2.75 bits per heavy atom. The monoisotopic (exact) mass is 592 g/mol. The minimum absolute atomic E-state index is 0.0707. The zero-order valence-corrected chi connectivity index (χ0v) is 24.1. The molecule has 1 saturated heterocycles. The van der Waals surface area contributed by atoms with E-state index in [-0.39, 0.29) is 16.9 Å². The second-order valence-electron chi connectivity index (χ2n) is 10.7. The maximum absolute atomic E-state index is 13.7. The molecule has 0 unspecified atom stereocenters. The van der Waals surface area contributed by atoms with Crippen LogP contribution < -0.4 is 5.32 Å². The molecule has 2 amide bonds. The highest BCUT2D eigenvalue weighted by Gasteiger charge is 2.35. The minimum Gasteiger partial charge on any atom is -0.444 e. The molecule has 1 fully saturated rings. The summed E-state index contributed by atoms with van der Waals surface area (Å²) in [6.07, 6.45) is 0.240. The largest absolute Gasteiger partial charge is 0.444 e. The topological polar surface area (TPSA) is 88.3 Å². The number of carbonyl (C=O) groups is 2. The van der Waals surface area contributed by atoms with Crippen molar-refractivity contribution in [1.29, 1.82) is 0 Å². The zero-order chi connectivity index (χ0) is 29.1. The number of thioether (sulfide) groups is 1. The number of benzene rings is 1. The molecule has 0 radical (unpaired) electrons. The summed E-state index contributed by atoms with van der Waals surface area (Å²) in [4.78, 5) is 35.4. The van der Waals surface area contributed by atoms with Crippen LogP contribution in [-0.4, -0.2) is 39.8 Å². The smallest absolute Gasteiger partial charge is 0.418 e. The minimum atomic E-state index is -4.74. The van der Waals surface area contributed by atoms with Gasteiger partial charge in [0, 0.05) is 35.9 Å². The molecule has 1 aliphatic heterocycles. The summed E-state index contributed by atoms with van der Waals surface area (Å²) in [5.41, 5.74) is -1.67. The van der Waals surface area contributed by atoms with Gasteiger partial charge in [-0.1, -0.05) is 39.1 Å². The predicted molar refractivity (Wildman–Crippen MR) is 149 cm³/mol. The van der Waals surface area contributed by atoms with Crippen molar-refractivity contribution in [2.45, 2.75) is 62.4 Å². The predicted octanol–water partition coefficient (Wildman–Crippen LogP) is 6.96. The van der Waals surface area contributed by atoms with Gasteiger partial charge in [-0.05, 0) is 43.0 Å². The van der Waals surface area contributed by atoms with Crippen molar-refractivity contribution in [2.24, 2.45) is 5.92 Å². The number of nitrogens with zero attached hydrogens (tertiary/aromatic N) is 3. The first kappa shape index (κ1) is 29.9. The van der Waals surface area contributed by atoms with Crippen LogP contribution in [0.1, 0.15) is 66.2 Å². The lowest BCUT2D eigenvalue weighted by Crippen LogP contribution is -2.40. The molecule has 1 aliphatic rings. The Labute approximate surface area is 239 Å². The summed E-state index contributed by atoms with van der Waals surface area (Å²) < 4.78 is 46.9. The number of thiazole rings is 1. The third-order valence-corrected chi connectivity index (χ3v) is 8.37. The van der Waals surface area contributed by atoms with E-state index in [0.717, 1.165) is 46.8 Å². The van der Waals surface area contributed by atoms with Crippen molar-refractivity contribution >= 4 is 40.6 Å². The molecule has 40 heavy (non-hydrogen) atoms. The molecule has 1 N–H and O–H groups in total. The van der Waals surface area contributed by atoms with Crippen molar-refractivity contribution in [1.82, 2.24) is 14.9 Å². The van der Waals surface area contributed by atoms with E-state index in [1.807, 2.05) is 5.38 Å². The van der Waals surface area contributed by atoms with E-state index in [4.69, 9.17) is 9.40 Å². The first-order valence-corrected chi connectivity index (χ1v) is 14.7. The number of hydrogen-bond donors (Lipinski definition) is 1. The van der Waals surface area contributed by atoms with Crippen molar-refractivity contribution in [3.8, 4) is 0 Å². The Hall–Kier alpha value is -3.12. The summed E-state index contributed by atoms with van der Waals surface area (Å²) in [5, 5.41) is 5.97. The molecule has 3 aromatic rings. The van der Waals surface area contributed by atoms with Gasteiger partial charge in [0.2, 0.25) is 11.8 Å². The summed E-state index contributed by atoms with van der Waals surface area (Å²) in [5.74, 6) is 0.975. The molecule has 214 valence electrons. The van der Waals surface area contributed by atoms with E-state index in [9.17, 15) is 22.8 Å². The highest BCUT2D eigenvalue weighted by Crippen LogP contribution is 2.36. The number of piperidine rings is 1. The Balaban J connectivity index is 1.37. The van der Waals surface area contributed by atoms with Crippen molar-refractivity contribution < 1.29 is 27.2 Å². The Morgan fingerprint density at radius 1 is 1.30 bits per heavy atom. The van der Waals surface area contributed by atoms with Crippen LogP contribution in [0.5, 0.6) is 0 Å². The number of nitrogens with one attached hydrogen (secondary N) is 1. The molecule has 2 aromatic heterocycles. The molecule has 0 saturated carbocycles.